The van der Waals surface area contributed by atoms with Crippen molar-refractivity contribution in [2.45, 2.75) is 38.6 Å². The normalized spacial score (nSPS) is 20.1. The van der Waals surface area contributed by atoms with E-state index >= 15 is 0 Å². The number of nitrogens with zero attached hydrogens (tertiary/aromatic N) is 2. The zero-order valence-electron chi connectivity index (χ0n) is 19.2. The lowest BCUT2D eigenvalue weighted by molar-refractivity contribution is -0.0385. The van der Waals surface area contributed by atoms with Crippen molar-refractivity contribution < 1.29 is 27.1 Å². The van der Waals surface area contributed by atoms with Gasteiger partial charge in [0, 0.05) is 57.5 Å². The molecule has 0 aliphatic carbocycles. The summed E-state index contributed by atoms with van der Waals surface area (Å²) in [5, 5.41) is 3.03. The molecule has 10 heteroatoms. The lowest BCUT2D eigenvalue weighted by Crippen LogP contribution is -2.63. The van der Waals surface area contributed by atoms with Gasteiger partial charge in [-0.1, -0.05) is 6.92 Å². The predicted molar refractivity (Wildman–Crippen MR) is 120 cm³/mol. The summed E-state index contributed by atoms with van der Waals surface area (Å²) < 4.78 is 51.0. The molecule has 1 amide bonds. The summed E-state index contributed by atoms with van der Waals surface area (Å²) >= 11 is 0. The minimum atomic E-state index is -3.22. The van der Waals surface area contributed by atoms with Crippen LogP contribution in [0.1, 0.15) is 42.1 Å². The van der Waals surface area contributed by atoms with Crippen LogP contribution in [0.5, 0.6) is 5.75 Å². The van der Waals surface area contributed by atoms with E-state index < -0.39 is 15.8 Å². The van der Waals surface area contributed by atoms with E-state index in [1.54, 1.807) is 11.2 Å². The number of methoxy groups -OCH3 is 1. The van der Waals surface area contributed by atoms with E-state index in [2.05, 4.69) is 10.2 Å². The van der Waals surface area contributed by atoms with Gasteiger partial charge in [0.1, 0.15) is 11.6 Å². The first kappa shape index (κ1) is 24.9. The van der Waals surface area contributed by atoms with Crippen LogP contribution in [0.25, 0.3) is 0 Å². The Hall–Kier alpha value is -1.75. The van der Waals surface area contributed by atoms with Crippen LogP contribution < -0.4 is 10.1 Å². The molecule has 0 bridgehead atoms. The number of hydrogen-bond acceptors (Lipinski definition) is 6. The smallest absolute Gasteiger partial charge is 0.255 e. The van der Waals surface area contributed by atoms with Crippen molar-refractivity contribution in [1.29, 1.82) is 0 Å². The van der Waals surface area contributed by atoms with Crippen molar-refractivity contribution in [2.75, 3.05) is 58.8 Å². The molecule has 0 saturated carbocycles. The minimum absolute atomic E-state index is 0.168. The zero-order valence-corrected chi connectivity index (χ0v) is 20.0. The van der Waals surface area contributed by atoms with Gasteiger partial charge in [0.2, 0.25) is 10.0 Å². The zero-order chi connectivity index (χ0) is 23.4. The summed E-state index contributed by atoms with van der Waals surface area (Å²) in [6.45, 7) is 7.23. The third-order valence-electron chi connectivity index (χ3n) is 6.48. The van der Waals surface area contributed by atoms with Gasteiger partial charge in [-0.25, -0.2) is 12.8 Å². The second kappa shape index (κ2) is 10.5. The fourth-order valence-electron chi connectivity index (χ4n) is 4.68. The lowest BCUT2D eigenvalue weighted by Gasteiger charge is -2.49. The van der Waals surface area contributed by atoms with Crippen molar-refractivity contribution in [1.82, 2.24) is 14.5 Å². The van der Waals surface area contributed by atoms with Gasteiger partial charge in [-0.3, -0.25) is 9.69 Å². The highest BCUT2D eigenvalue weighted by molar-refractivity contribution is 7.89. The van der Waals surface area contributed by atoms with Gasteiger partial charge < -0.3 is 14.8 Å². The van der Waals surface area contributed by atoms with Gasteiger partial charge in [-0.05, 0) is 37.8 Å². The molecule has 1 aromatic carbocycles. The van der Waals surface area contributed by atoms with Gasteiger partial charge in [0.25, 0.3) is 5.91 Å². The van der Waals surface area contributed by atoms with E-state index in [1.165, 1.54) is 19.2 Å². The van der Waals surface area contributed by atoms with Crippen LogP contribution in [0.2, 0.25) is 0 Å². The Labute approximate surface area is 190 Å². The molecular formula is C22H34FN3O5S. The third kappa shape index (κ3) is 5.41. The fourth-order valence-corrected chi connectivity index (χ4v) is 6.18. The number of sulfonamides is 1. The van der Waals surface area contributed by atoms with Gasteiger partial charge in [-0.15, -0.1) is 0 Å². The van der Waals surface area contributed by atoms with E-state index in [1.807, 2.05) is 6.92 Å². The predicted octanol–water partition coefficient (Wildman–Crippen LogP) is 1.78. The summed E-state index contributed by atoms with van der Waals surface area (Å²) in [4.78, 5) is 15.3. The molecule has 1 N–H and O–H groups in total. The molecule has 2 fully saturated rings. The van der Waals surface area contributed by atoms with Crippen molar-refractivity contribution in [3.8, 4) is 5.75 Å². The molecule has 32 heavy (non-hydrogen) atoms. The Balaban J connectivity index is 1.72. The Morgan fingerprint density at radius 1 is 1.22 bits per heavy atom. The summed E-state index contributed by atoms with van der Waals surface area (Å²) in [6.07, 6.45) is 2.09. The summed E-state index contributed by atoms with van der Waals surface area (Å²) in [5.74, 6) is -0.390. The average Bonchev–Trinajstić information content (AvgIpc) is 2.77. The number of piperazine rings is 1. The van der Waals surface area contributed by atoms with Gasteiger partial charge in [0.15, 0.2) is 0 Å². The number of hydrogen-bond donors (Lipinski definition) is 1. The molecule has 3 rings (SSSR count). The molecule has 2 aliphatic heterocycles. The second-order valence-corrected chi connectivity index (χ2v) is 10.6. The van der Waals surface area contributed by atoms with E-state index in [0.717, 1.165) is 12.8 Å². The SMILES string of the molecule is CCCS(=O)(=O)N1CCN(C2(CNC(=O)c3c(C)cc(F)cc3OC)CCOCC2)CC1. The van der Waals surface area contributed by atoms with Gasteiger partial charge >= 0.3 is 0 Å². The number of benzene rings is 1. The number of carbonyl (C=O) groups excluding carboxylic acids is 1. The molecule has 0 unspecified atom stereocenters. The first-order valence-electron chi connectivity index (χ1n) is 11.2. The molecule has 2 aliphatic rings. The molecule has 0 spiro atoms. The number of nitrogens with one attached hydrogen (secondary N) is 1. The summed E-state index contributed by atoms with van der Waals surface area (Å²) in [7, 11) is -1.80. The Morgan fingerprint density at radius 3 is 2.47 bits per heavy atom. The topological polar surface area (TPSA) is 88.2 Å². The molecule has 180 valence electrons. The third-order valence-corrected chi connectivity index (χ3v) is 8.55. The number of aryl methyl sites for hydroxylation is 1. The van der Waals surface area contributed by atoms with Crippen molar-refractivity contribution >= 4 is 15.9 Å². The Bertz CT molecular complexity index is 910. The molecular weight excluding hydrogens is 437 g/mol. The van der Waals surface area contributed by atoms with Crippen LogP contribution in [0.15, 0.2) is 12.1 Å². The molecule has 2 saturated heterocycles. The largest absolute Gasteiger partial charge is 0.496 e. The van der Waals surface area contributed by atoms with Gasteiger partial charge in [-0.2, -0.15) is 4.31 Å². The van der Waals surface area contributed by atoms with Gasteiger partial charge in [0.05, 0.1) is 18.4 Å². The quantitative estimate of drug-likeness (QED) is 0.622. The highest BCUT2D eigenvalue weighted by Gasteiger charge is 2.41. The molecule has 2 heterocycles. The molecule has 0 radical (unpaired) electrons. The second-order valence-electron chi connectivity index (χ2n) is 8.52. The molecule has 0 aromatic heterocycles. The average molecular weight is 472 g/mol. The van der Waals surface area contributed by atoms with Crippen LogP contribution in [-0.2, 0) is 14.8 Å². The van der Waals surface area contributed by atoms with E-state index in [9.17, 15) is 17.6 Å². The Morgan fingerprint density at radius 2 is 1.88 bits per heavy atom. The van der Waals surface area contributed by atoms with E-state index in [4.69, 9.17) is 9.47 Å². The van der Waals surface area contributed by atoms with Crippen molar-refractivity contribution in [2.24, 2.45) is 0 Å². The standard InChI is InChI=1S/C22H34FN3O5S/c1-4-13-32(28,29)26-9-7-25(8-10-26)22(5-11-31-12-6-22)16-24-21(27)20-17(2)14-18(23)15-19(20)30-3/h14-15H,4-13,16H2,1-3H3,(H,24,27). The van der Waals surface area contributed by atoms with Crippen LogP contribution in [-0.4, -0.2) is 87.9 Å². The number of carbonyl (C=O) groups is 1. The van der Waals surface area contributed by atoms with Crippen molar-refractivity contribution in [3.63, 3.8) is 0 Å². The van der Waals surface area contributed by atoms with Crippen molar-refractivity contribution in [3.05, 3.63) is 29.1 Å². The number of rotatable bonds is 8. The highest BCUT2D eigenvalue weighted by Crippen LogP contribution is 2.30. The maximum atomic E-state index is 13.7. The fraction of sp³-hybridized carbons (Fsp3) is 0.682. The molecule has 0 atom stereocenters. The maximum absolute atomic E-state index is 13.7. The monoisotopic (exact) mass is 471 g/mol. The number of ether oxygens (including phenoxy) is 2. The van der Waals surface area contributed by atoms with E-state index in [0.29, 0.717) is 63.5 Å². The minimum Gasteiger partial charge on any atom is -0.496 e. The first-order valence-corrected chi connectivity index (χ1v) is 12.8. The van der Waals surface area contributed by atoms with Crippen LogP contribution in [0, 0.1) is 12.7 Å². The first-order chi connectivity index (χ1) is 15.2. The van der Waals surface area contributed by atoms with Crippen LogP contribution in [0.4, 0.5) is 4.39 Å². The molecule has 1 aromatic rings. The van der Waals surface area contributed by atoms with Crippen LogP contribution in [0.3, 0.4) is 0 Å². The number of halogens is 1. The summed E-state index contributed by atoms with van der Waals surface area (Å²) in [5.41, 5.74) is 0.525. The summed E-state index contributed by atoms with van der Waals surface area (Å²) in [6, 6.07) is 2.53. The maximum Gasteiger partial charge on any atom is 0.255 e. The molecule has 8 nitrogen and oxygen atoms in total. The number of amides is 1. The lowest BCUT2D eigenvalue weighted by atomic mass is 9.87. The van der Waals surface area contributed by atoms with E-state index in [-0.39, 0.29) is 22.9 Å². The Kier molecular flexibility index (Phi) is 8.13. The highest BCUT2D eigenvalue weighted by atomic mass is 32.2. The van der Waals surface area contributed by atoms with Crippen LogP contribution >= 0.6 is 0 Å².